The number of halogens is 4. The SMILES string of the molecule is O=C(Nc1ccc(F)cc1I)c1ccc(Cl)cc1Cl. The number of rotatable bonds is 2. The van der Waals surface area contributed by atoms with E-state index in [4.69, 9.17) is 23.2 Å². The predicted octanol–water partition coefficient (Wildman–Crippen LogP) is 4.99. The van der Waals surface area contributed by atoms with E-state index in [1.54, 1.807) is 6.07 Å². The summed E-state index contributed by atoms with van der Waals surface area (Å²) in [7, 11) is 0. The van der Waals surface area contributed by atoms with Crippen molar-refractivity contribution < 1.29 is 9.18 Å². The van der Waals surface area contributed by atoms with Gasteiger partial charge in [0.2, 0.25) is 0 Å². The molecule has 2 nitrogen and oxygen atoms in total. The van der Waals surface area contributed by atoms with Crippen molar-refractivity contribution in [3.63, 3.8) is 0 Å². The van der Waals surface area contributed by atoms with Gasteiger partial charge in [0.25, 0.3) is 5.91 Å². The van der Waals surface area contributed by atoms with Crippen molar-refractivity contribution in [3.8, 4) is 0 Å². The van der Waals surface area contributed by atoms with Gasteiger partial charge in [0.05, 0.1) is 16.3 Å². The highest BCUT2D eigenvalue weighted by molar-refractivity contribution is 14.1. The lowest BCUT2D eigenvalue weighted by Gasteiger charge is -2.08. The molecule has 0 unspecified atom stereocenters. The van der Waals surface area contributed by atoms with Crippen LogP contribution >= 0.6 is 45.8 Å². The third kappa shape index (κ3) is 3.58. The van der Waals surface area contributed by atoms with Crippen molar-refractivity contribution in [1.29, 1.82) is 0 Å². The molecule has 0 fully saturated rings. The predicted molar refractivity (Wildman–Crippen MR) is 83.5 cm³/mol. The monoisotopic (exact) mass is 409 g/mol. The summed E-state index contributed by atoms with van der Waals surface area (Å²) in [6.45, 7) is 0. The molecule has 0 spiro atoms. The lowest BCUT2D eigenvalue weighted by molar-refractivity contribution is 0.102. The fraction of sp³-hybridized carbons (Fsp3) is 0. The van der Waals surface area contributed by atoms with E-state index in [1.807, 2.05) is 22.6 Å². The Balaban J connectivity index is 2.25. The smallest absolute Gasteiger partial charge is 0.257 e. The molecule has 2 aromatic rings. The number of anilines is 1. The van der Waals surface area contributed by atoms with E-state index in [1.165, 1.54) is 30.3 Å². The van der Waals surface area contributed by atoms with Crippen LogP contribution in [0, 0.1) is 9.39 Å². The fourth-order valence-electron chi connectivity index (χ4n) is 1.45. The lowest BCUT2D eigenvalue weighted by Crippen LogP contribution is -2.13. The molecule has 0 bridgehead atoms. The minimum Gasteiger partial charge on any atom is -0.321 e. The normalized spacial score (nSPS) is 10.3. The van der Waals surface area contributed by atoms with Crippen LogP contribution in [0.2, 0.25) is 10.0 Å². The molecule has 6 heteroatoms. The van der Waals surface area contributed by atoms with Gasteiger partial charge in [-0.25, -0.2) is 4.39 Å². The van der Waals surface area contributed by atoms with Crippen LogP contribution in [0.3, 0.4) is 0 Å². The summed E-state index contributed by atoms with van der Waals surface area (Å²) in [5.74, 6) is -0.724. The maximum Gasteiger partial charge on any atom is 0.257 e. The number of carbonyl (C=O) groups excluding carboxylic acids is 1. The molecule has 0 aliphatic carbocycles. The molecule has 1 N–H and O–H groups in total. The Bertz CT molecular complexity index is 649. The van der Waals surface area contributed by atoms with Crippen LogP contribution in [0.5, 0.6) is 0 Å². The highest BCUT2D eigenvalue weighted by Crippen LogP contribution is 2.24. The van der Waals surface area contributed by atoms with E-state index in [-0.39, 0.29) is 16.7 Å². The standard InChI is InChI=1S/C13H7Cl2FINO/c14-7-1-3-9(10(15)5-7)13(19)18-12-4-2-8(16)6-11(12)17/h1-6H,(H,18,19). The number of hydrogen-bond acceptors (Lipinski definition) is 1. The first-order chi connectivity index (χ1) is 8.97. The van der Waals surface area contributed by atoms with Gasteiger partial charge < -0.3 is 5.32 Å². The topological polar surface area (TPSA) is 29.1 Å². The minimum atomic E-state index is -0.369. The molecule has 0 saturated carbocycles. The summed E-state index contributed by atoms with van der Waals surface area (Å²) in [6, 6.07) is 8.72. The Kier molecular flexibility index (Phi) is 4.65. The number of amides is 1. The molecule has 0 aliphatic heterocycles. The molecule has 0 radical (unpaired) electrons. The number of carbonyl (C=O) groups is 1. The second-order valence-corrected chi connectivity index (χ2v) is 5.71. The van der Waals surface area contributed by atoms with Gasteiger partial charge in [-0.15, -0.1) is 0 Å². The second kappa shape index (κ2) is 6.07. The highest BCUT2D eigenvalue weighted by Gasteiger charge is 2.12. The van der Waals surface area contributed by atoms with Crippen LogP contribution in [-0.2, 0) is 0 Å². The van der Waals surface area contributed by atoms with E-state index in [9.17, 15) is 9.18 Å². The number of benzene rings is 2. The maximum absolute atomic E-state index is 13.0. The lowest BCUT2D eigenvalue weighted by atomic mass is 10.2. The van der Waals surface area contributed by atoms with Crippen molar-refractivity contribution in [2.24, 2.45) is 0 Å². The Morgan fingerprint density at radius 2 is 1.89 bits per heavy atom. The van der Waals surface area contributed by atoms with E-state index in [0.717, 1.165) is 0 Å². The zero-order valence-electron chi connectivity index (χ0n) is 9.38. The molecule has 0 atom stereocenters. The quantitative estimate of drug-likeness (QED) is 0.695. The Hall–Kier alpha value is -0.850. The Morgan fingerprint density at radius 3 is 2.53 bits per heavy atom. The summed E-state index contributed by atoms with van der Waals surface area (Å²) >= 11 is 13.7. The van der Waals surface area contributed by atoms with Crippen molar-refractivity contribution in [2.45, 2.75) is 0 Å². The van der Waals surface area contributed by atoms with E-state index >= 15 is 0 Å². The first-order valence-electron chi connectivity index (χ1n) is 5.19. The molecular weight excluding hydrogens is 403 g/mol. The average Bonchev–Trinajstić information content (AvgIpc) is 2.32. The molecule has 2 rings (SSSR count). The molecule has 0 heterocycles. The van der Waals surface area contributed by atoms with Gasteiger partial charge >= 0.3 is 0 Å². The van der Waals surface area contributed by atoms with Gasteiger partial charge in [-0.05, 0) is 59.0 Å². The Labute approximate surface area is 133 Å². The Morgan fingerprint density at radius 1 is 1.16 bits per heavy atom. The van der Waals surface area contributed by atoms with Crippen LogP contribution in [0.25, 0.3) is 0 Å². The zero-order chi connectivity index (χ0) is 14.0. The van der Waals surface area contributed by atoms with Gasteiger partial charge in [0.15, 0.2) is 0 Å². The third-order valence-electron chi connectivity index (χ3n) is 2.36. The summed E-state index contributed by atoms with van der Waals surface area (Å²) in [6.07, 6.45) is 0. The first kappa shape index (κ1) is 14.6. The molecule has 0 aromatic heterocycles. The van der Waals surface area contributed by atoms with Crippen molar-refractivity contribution in [2.75, 3.05) is 5.32 Å². The van der Waals surface area contributed by atoms with Crippen LogP contribution in [0.1, 0.15) is 10.4 Å². The van der Waals surface area contributed by atoms with Crippen molar-refractivity contribution in [3.05, 3.63) is 61.4 Å². The highest BCUT2D eigenvalue weighted by atomic mass is 127. The maximum atomic E-state index is 13.0. The van der Waals surface area contributed by atoms with Crippen LogP contribution in [-0.4, -0.2) is 5.91 Å². The molecule has 98 valence electrons. The zero-order valence-corrected chi connectivity index (χ0v) is 13.1. The van der Waals surface area contributed by atoms with Gasteiger partial charge in [-0.1, -0.05) is 23.2 Å². The molecule has 1 amide bonds. The van der Waals surface area contributed by atoms with Gasteiger partial charge in [-0.2, -0.15) is 0 Å². The summed E-state index contributed by atoms with van der Waals surface area (Å²) < 4.78 is 13.6. The van der Waals surface area contributed by atoms with E-state index in [2.05, 4.69) is 5.32 Å². The van der Waals surface area contributed by atoms with E-state index in [0.29, 0.717) is 19.8 Å². The minimum absolute atomic E-state index is 0.266. The van der Waals surface area contributed by atoms with Gasteiger partial charge in [0.1, 0.15) is 5.82 Å². The third-order valence-corrected chi connectivity index (χ3v) is 3.80. The van der Waals surface area contributed by atoms with Crippen LogP contribution in [0.4, 0.5) is 10.1 Å². The van der Waals surface area contributed by atoms with Crippen LogP contribution in [0.15, 0.2) is 36.4 Å². The van der Waals surface area contributed by atoms with Gasteiger partial charge in [-0.3, -0.25) is 4.79 Å². The summed E-state index contributed by atoms with van der Waals surface area (Å²) in [5, 5.41) is 3.40. The molecule has 0 aliphatic rings. The van der Waals surface area contributed by atoms with Crippen molar-refractivity contribution in [1.82, 2.24) is 0 Å². The van der Waals surface area contributed by atoms with E-state index < -0.39 is 0 Å². The molecular formula is C13H7Cl2FINO. The molecule has 0 saturated heterocycles. The molecule has 2 aromatic carbocycles. The average molecular weight is 410 g/mol. The summed E-state index contributed by atoms with van der Waals surface area (Å²) in [4.78, 5) is 12.0. The fourth-order valence-corrected chi connectivity index (χ4v) is 2.56. The second-order valence-electron chi connectivity index (χ2n) is 3.70. The number of nitrogens with one attached hydrogen (secondary N) is 1. The van der Waals surface area contributed by atoms with Gasteiger partial charge in [0, 0.05) is 8.59 Å². The first-order valence-corrected chi connectivity index (χ1v) is 7.02. The molecule has 19 heavy (non-hydrogen) atoms. The number of hydrogen-bond donors (Lipinski definition) is 1. The largest absolute Gasteiger partial charge is 0.321 e. The van der Waals surface area contributed by atoms with Crippen molar-refractivity contribution >= 4 is 57.4 Å². The van der Waals surface area contributed by atoms with Crippen LogP contribution < -0.4 is 5.32 Å². The summed E-state index contributed by atoms with van der Waals surface area (Å²) in [5.41, 5.74) is 0.837.